The molecule has 0 radical (unpaired) electrons. The topological polar surface area (TPSA) is 62.4 Å². The number of methoxy groups -OCH3 is 1. The van der Waals surface area contributed by atoms with E-state index in [4.69, 9.17) is 12.2 Å². The van der Waals surface area contributed by atoms with Crippen molar-refractivity contribution in [3.05, 3.63) is 29.8 Å². The maximum Gasteiger partial charge on any atom is 0.425 e. The normalized spacial score (nSPS) is 9.78. The highest BCUT2D eigenvalue weighted by molar-refractivity contribution is 7.80. The molecule has 0 unspecified atom stereocenters. The van der Waals surface area contributed by atoms with Crippen molar-refractivity contribution in [3.8, 4) is 0 Å². The fourth-order valence-electron chi connectivity index (χ4n) is 1.27. The summed E-state index contributed by atoms with van der Waals surface area (Å²) in [6, 6.07) is 7.93. The molecule has 0 aliphatic rings. The summed E-state index contributed by atoms with van der Waals surface area (Å²) in [5.74, 6) is 0.491. The molecular weight excluding hydrogens is 250 g/mol. The van der Waals surface area contributed by atoms with Gasteiger partial charge in [-0.2, -0.15) is 0 Å². The lowest BCUT2D eigenvalue weighted by Crippen LogP contribution is -2.43. The third-order valence-electron chi connectivity index (χ3n) is 2.30. The molecule has 0 bridgehead atoms. The summed E-state index contributed by atoms with van der Waals surface area (Å²) in [6.07, 6.45) is -0.602. The fourth-order valence-corrected chi connectivity index (χ4v) is 1.44. The maximum atomic E-state index is 10.8. The van der Waals surface area contributed by atoms with Gasteiger partial charge in [0.25, 0.3) is 0 Å². The van der Waals surface area contributed by atoms with Gasteiger partial charge in [0.15, 0.2) is 5.11 Å². The van der Waals surface area contributed by atoms with Crippen LogP contribution < -0.4 is 16.2 Å². The van der Waals surface area contributed by atoms with E-state index in [1.807, 2.05) is 24.3 Å². The molecular formula is C12H17N3O2S. The molecule has 0 spiro atoms. The minimum atomic E-state index is -0.602. The number of hydrogen-bond acceptors (Lipinski definition) is 3. The Balaban J connectivity index is 2.47. The molecule has 0 aliphatic heterocycles. The van der Waals surface area contributed by atoms with Gasteiger partial charge < -0.3 is 10.1 Å². The number of thiocarbonyl (C=S) groups is 1. The van der Waals surface area contributed by atoms with Gasteiger partial charge in [-0.05, 0) is 35.8 Å². The number of nitrogens with one attached hydrogen (secondary N) is 3. The number of carbonyl (C=O) groups excluding carboxylic acids is 1. The molecule has 1 aromatic carbocycles. The first kappa shape index (κ1) is 14.2. The van der Waals surface area contributed by atoms with Crippen molar-refractivity contribution in [2.24, 2.45) is 0 Å². The second-order valence-electron chi connectivity index (χ2n) is 3.97. The van der Waals surface area contributed by atoms with Crippen LogP contribution in [0.3, 0.4) is 0 Å². The zero-order valence-corrected chi connectivity index (χ0v) is 11.4. The summed E-state index contributed by atoms with van der Waals surface area (Å²) in [5.41, 5.74) is 6.89. The number of hydrogen-bond donors (Lipinski definition) is 3. The van der Waals surface area contributed by atoms with E-state index in [1.165, 1.54) is 12.7 Å². The Hall–Kier alpha value is -1.82. The average Bonchev–Trinajstić information content (AvgIpc) is 2.36. The summed E-state index contributed by atoms with van der Waals surface area (Å²) in [7, 11) is 1.28. The molecule has 0 aliphatic carbocycles. The average molecular weight is 267 g/mol. The van der Waals surface area contributed by atoms with Crippen LogP contribution in [-0.4, -0.2) is 18.3 Å². The van der Waals surface area contributed by atoms with Gasteiger partial charge in [0.2, 0.25) is 0 Å². The van der Waals surface area contributed by atoms with Crippen molar-refractivity contribution < 1.29 is 9.53 Å². The van der Waals surface area contributed by atoms with Gasteiger partial charge in [0.05, 0.1) is 7.11 Å². The molecule has 0 atom stereocenters. The minimum absolute atomic E-state index is 0.290. The summed E-state index contributed by atoms with van der Waals surface area (Å²) < 4.78 is 4.39. The van der Waals surface area contributed by atoms with Gasteiger partial charge in [-0.1, -0.05) is 26.0 Å². The molecule has 0 aromatic heterocycles. The summed E-state index contributed by atoms with van der Waals surface area (Å²) >= 11 is 4.99. The molecule has 3 N–H and O–H groups in total. The van der Waals surface area contributed by atoms with E-state index in [0.717, 1.165) is 5.69 Å². The molecule has 1 aromatic rings. The Kier molecular flexibility index (Phi) is 5.38. The molecule has 5 nitrogen and oxygen atoms in total. The Morgan fingerprint density at radius 1 is 1.22 bits per heavy atom. The Morgan fingerprint density at radius 3 is 2.33 bits per heavy atom. The first-order chi connectivity index (χ1) is 8.52. The lowest BCUT2D eigenvalue weighted by atomic mass is 10.0. The third kappa shape index (κ3) is 4.58. The molecule has 0 saturated heterocycles. The second-order valence-corrected chi connectivity index (χ2v) is 4.38. The molecule has 98 valence electrons. The molecule has 1 amide bonds. The molecule has 18 heavy (non-hydrogen) atoms. The van der Waals surface area contributed by atoms with Gasteiger partial charge in [-0.25, -0.2) is 10.2 Å². The molecule has 6 heteroatoms. The highest BCUT2D eigenvalue weighted by atomic mass is 32.1. The second kappa shape index (κ2) is 6.80. The van der Waals surface area contributed by atoms with Crippen molar-refractivity contribution in [2.45, 2.75) is 19.8 Å². The smallest absolute Gasteiger partial charge is 0.425 e. The van der Waals surface area contributed by atoms with Crippen LogP contribution in [0.4, 0.5) is 10.5 Å². The number of amides is 1. The van der Waals surface area contributed by atoms with Crippen LogP contribution >= 0.6 is 12.2 Å². The predicted octanol–water partition coefficient (Wildman–Crippen LogP) is 2.37. The van der Waals surface area contributed by atoms with E-state index in [-0.39, 0.29) is 5.11 Å². The number of carbonyl (C=O) groups is 1. The fraction of sp³-hybridized carbons (Fsp3) is 0.333. The van der Waals surface area contributed by atoms with Crippen LogP contribution in [0.1, 0.15) is 25.3 Å². The van der Waals surface area contributed by atoms with Gasteiger partial charge >= 0.3 is 6.09 Å². The predicted molar refractivity (Wildman–Crippen MR) is 75.4 cm³/mol. The van der Waals surface area contributed by atoms with Crippen LogP contribution in [-0.2, 0) is 4.74 Å². The van der Waals surface area contributed by atoms with Gasteiger partial charge in [0, 0.05) is 5.69 Å². The van der Waals surface area contributed by atoms with Crippen LogP contribution in [0.5, 0.6) is 0 Å². The van der Waals surface area contributed by atoms with Crippen molar-refractivity contribution in [1.29, 1.82) is 0 Å². The highest BCUT2D eigenvalue weighted by Gasteiger charge is 2.02. The lowest BCUT2D eigenvalue weighted by Gasteiger charge is -2.11. The van der Waals surface area contributed by atoms with Crippen molar-refractivity contribution in [3.63, 3.8) is 0 Å². The van der Waals surface area contributed by atoms with Gasteiger partial charge in [0.1, 0.15) is 0 Å². The number of hydrazine groups is 1. The van der Waals surface area contributed by atoms with Gasteiger partial charge in [-0.3, -0.25) is 5.43 Å². The van der Waals surface area contributed by atoms with Crippen LogP contribution in [0, 0.1) is 0 Å². The zero-order chi connectivity index (χ0) is 13.5. The Morgan fingerprint density at radius 2 is 1.83 bits per heavy atom. The monoisotopic (exact) mass is 267 g/mol. The summed E-state index contributed by atoms with van der Waals surface area (Å²) in [5, 5.41) is 3.23. The summed E-state index contributed by atoms with van der Waals surface area (Å²) in [6.45, 7) is 4.27. The largest absolute Gasteiger partial charge is 0.452 e. The molecule has 1 rings (SSSR count). The third-order valence-corrected chi connectivity index (χ3v) is 2.50. The zero-order valence-electron chi connectivity index (χ0n) is 10.6. The first-order valence-electron chi connectivity index (χ1n) is 5.54. The molecule has 0 saturated carbocycles. The van der Waals surface area contributed by atoms with Crippen molar-refractivity contribution in [2.75, 3.05) is 12.4 Å². The van der Waals surface area contributed by atoms with Gasteiger partial charge in [-0.15, -0.1) is 0 Å². The number of benzene rings is 1. The lowest BCUT2D eigenvalue weighted by molar-refractivity contribution is 0.169. The van der Waals surface area contributed by atoms with Crippen molar-refractivity contribution in [1.82, 2.24) is 10.9 Å². The maximum absolute atomic E-state index is 10.8. The van der Waals surface area contributed by atoms with E-state index in [0.29, 0.717) is 5.92 Å². The van der Waals surface area contributed by atoms with E-state index >= 15 is 0 Å². The number of rotatable bonds is 2. The summed E-state index contributed by atoms with van der Waals surface area (Å²) in [4.78, 5) is 10.8. The Labute approximate surface area is 112 Å². The van der Waals surface area contributed by atoms with Crippen LogP contribution in [0.25, 0.3) is 0 Å². The van der Waals surface area contributed by atoms with E-state index in [1.54, 1.807) is 0 Å². The Bertz CT molecular complexity index is 418. The first-order valence-corrected chi connectivity index (χ1v) is 5.94. The standard InChI is InChI=1S/C12H17N3O2S/c1-8(2)9-4-6-10(7-5-9)13-11(18)14-15-12(16)17-3/h4-8H,1-3H3,(H,15,16)(H2,13,14,18). The number of anilines is 1. The SMILES string of the molecule is COC(=O)NNC(=S)Nc1ccc(C(C)C)cc1. The van der Waals surface area contributed by atoms with E-state index in [9.17, 15) is 4.79 Å². The highest BCUT2D eigenvalue weighted by Crippen LogP contribution is 2.16. The van der Waals surface area contributed by atoms with E-state index < -0.39 is 6.09 Å². The number of ether oxygens (including phenoxy) is 1. The molecule has 0 heterocycles. The quantitative estimate of drug-likeness (QED) is 0.567. The van der Waals surface area contributed by atoms with E-state index in [2.05, 4.69) is 34.8 Å². The van der Waals surface area contributed by atoms with Crippen LogP contribution in [0.15, 0.2) is 24.3 Å². The molecule has 0 fully saturated rings. The minimum Gasteiger partial charge on any atom is -0.452 e. The van der Waals surface area contributed by atoms with Crippen LogP contribution in [0.2, 0.25) is 0 Å². The van der Waals surface area contributed by atoms with Crippen molar-refractivity contribution >= 4 is 29.1 Å².